The maximum Gasteiger partial charge on any atom is 0.151 e. The Bertz CT molecular complexity index is 547. The molecule has 0 spiro atoms. The molecule has 0 aliphatic carbocycles. The highest BCUT2D eigenvalue weighted by Crippen LogP contribution is 2.24. The van der Waals surface area contributed by atoms with E-state index < -0.39 is 0 Å². The Morgan fingerprint density at radius 1 is 1.47 bits per heavy atom. The summed E-state index contributed by atoms with van der Waals surface area (Å²) in [6.45, 7) is 5.59. The van der Waals surface area contributed by atoms with Crippen molar-refractivity contribution >= 4 is 21.6 Å². The van der Waals surface area contributed by atoms with E-state index in [2.05, 4.69) is 50.5 Å². The summed E-state index contributed by atoms with van der Waals surface area (Å²) in [4.78, 5) is 7.25. The normalized spacial score (nSPS) is 16.4. The van der Waals surface area contributed by atoms with Crippen LogP contribution in [0.25, 0.3) is 5.65 Å². The van der Waals surface area contributed by atoms with Crippen molar-refractivity contribution in [2.75, 3.05) is 13.1 Å². The van der Waals surface area contributed by atoms with Crippen molar-refractivity contribution < 1.29 is 0 Å². The highest BCUT2D eigenvalue weighted by atomic mass is 79.9. The Morgan fingerprint density at radius 2 is 2.35 bits per heavy atom. The number of halogens is 1. The maximum atomic E-state index is 4.74. The van der Waals surface area contributed by atoms with E-state index in [9.17, 15) is 0 Å². The molecule has 3 rings (SSSR count). The topological polar surface area (TPSA) is 20.5 Å². The molecule has 0 atom stereocenters. The van der Waals surface area contributed by atoms with Gasteiger partial charge in [-0.2, -0.15) is 0 Å². The first-order valence-corrected chi connectivity index (χ1v) is 6.95. The van der Waals surface area contributed by atoms with Gasteiger partial charge in [0.05, 0.1) is 15.9 Å². The van der Waals surface area contributed by atoms with Gasteiger partial charge in [0.15, 0.2) is 5.65 Å². The molecular formula is C13H16BrN3. The van der Waals surface area contributed by atoms with Gasteiger partial charge >= 0.3 is 0 Å². The van der Waals surface area contributed by atoms with E-state index in [0.717, 1.165) is 29.6 Å². The van der Waals surface area contributed by atoms with E-state index in [4.69, 9.17) is 4.98 Å². The summed E-state index contributed by atoms with van der Waals surface area (Å²) in [5.74, 6) is 0. The number of rotatable bonds is 2. The Hall–Kier alpha value is -0.870. The van der Waals surface area contributed by atoms with E-state index in [1.165, 1.54) is 24.4 Å². The van der Waals surface area contributed by atoms with Crippen LogP contribution in [0.15, 0.2) is 22.8 Å². The SMILES string of the molecule is CCCN1CCc2nc3c(Br)cccn3c2C1. The van der Waals surface area contributed by atoms with Crippen molar-refractivity contribution in [3.63, 3.8) is 0 Å². The highest BCUT2D eigenvalue weighted by Gasteiger charge is 2.21. The van der Waals surface area contributed by atoms with Gasteiger partial charge in [-0.25, -0.2) is 4.98 Å². The van der Waals surface area contributed by atoms with Crippen molar-refractivity contribution in [1.29, 1.82) is 0 Å². The molecule has 0 unspecified atom stereocenters. The van der Waals surface area contributed by atoms with Crippen LogP contribution in [0.3, 0.4) is 0 Å². The fraction of sp³-hybridized carbons (Fsp3) is 0.462. The maximum absolute atomic E-state index is 4.74. The minimum absolute atomic E-state index is 1.03. The van der Waals surface area contributed by atoms with Gasteiger partial charge in [-0.15, -0.1) is 0 Å². The zero-order valence-corrected chi connectivity index (χ0v) is 11.6. The number of nitrogens with zero attached hydrogens (tertiary/aromatic N) is 3. The van der Waals surface area contributed by atoms with Crippen molar-refractivity contribution in [3.8, 4) is 0 Å². The van der Waals surface area contributed by atoms with Crippen LogP contribution >= 0.6 is 15.9 Å². The van der Waals surface area contributed by atoms with Crippen molar-refractivity contribution in [2.24, 2.45) is 0 Å². The predicted octanol–water partition coefficient (Wildman–Crippen LogP) is 2.86. The van der Waals surface area contributed by atoms with E-state index in [1.807, 2.05) is 0 Å². The van der Waals surface area contributed by atoms with Crippen LogP contribution in [-0.4, -0.2) is 27.4 Å². The van der Waals surface area contributed by atoms with E-state index >= 15 is 0 Å². The molecule has 3 heterocycles. The molecule has 1 aliphatic rings. The van der Waals surface area contributed by atoms with Crippen molar-refractivity contribution in [2.45, 2.75) is 26.3 Å². The lowest BCUT2D eigenvalue weighted by Crippen LogP contribution is -2.31. The number of pyridine rings is 1. The van der Waals surface area contributed by atoms with Crippen molar-refractivity contribution in [1.82, 2.24) is 14.3 Å². The molecule has 0 N–H and O–H groups in total. The quantitative estimate of drug-likeness (QED) is 0.849. The monoisotopic (exact) mass is 293 g/mol. The highest BCUT2D eigenvalue weighted by molar-refractivity contribution is 9.10. The Kier molecular flexibility index (Phi) is 2.92. The second kappa shape index (κ2) is 4.42. The van der Waals surface area contributed by atoms with Gasteiger partial charge in [-0.1, -0.05) is 6.92 Å². The first-order valence-electron chi connectivity index (χ1n) is 6.16. The fourth-order valence-electron chi connectivity index (χ4n) is 2.56. The third kappa shape index (κ3) is 1.89. The lowest BCUT2D eigenvalue weighted by Gasteiger charge is -2.25. The van der Waals surface area contributed by atoms with Crippen molar-refractivity contribution in [3.05, 3.63) is 34.2 Å². The largest absolute Gasteiger partial charge is 0.302 e. The first kappa shape index (κ1) is 11.2. The second-order valence-electron chi connectivity index (χ2n) is 4.58. The molecule has 0 radical (unpaired) electrons. The molecule has 90 valence electrons. The van der Waals surface area contributed by atoms with E-state index in [-0.39, 0.29) is 0 Å². The van der Waals surface area contributed by atoms with Crippen LogP contribution in [-0.2, 0) is 13.0 Å². The van der Waals surface area contributed by atoms with Crippen LogP contribution in [0.5, 0.6) is 0 Å². The van der Waals surface area contributed by atoms with Gasteiger partial charge in [0, 0.05) is 25.7 Å². The number of imidazole rings is 1. The molecule has 0 bridgehead atoms. The molecule has 0 aromatic carbocycles. The lowest BCUT2D eigenvalue weighted by atomic mass is 10.1. The van der Waals surface area contributed by atoms with Crippen LogP contribution in [0, 0.1) is 0 Å². The molecule has 0 saturated carbocycles. The summed E-state index contributed by atoms with van der Waals surface area (Å²) in [7, 11) is 0. The molecule has 3 nitrogen and oxygen atoms in total. The molecule has 1 aliphatic heterocycles. The van der Waals surface area contributed by atoms with Gasteiger partial charge in [0.2, 0.25) is 0 Å². The fourth-order valence-corrected chi connectivity index (χ4v) is 2.99. The summed E-state index contributed by atoms with van der Waals surface area (Å²) in [5, 5.41) is 0. The molecule has 0 amide bonds. The van der Waals surface area contributed by atoms with E-state index in [0.29, 0.717) is 0 Å². The van der Waals surface area contributed by atoms with E-state index in [1.54, 1.807) is 0 Å². The molecular weight excluding hydrogens is 278 g/mol. The summed E-state index contributed by atoms with van der Waals surface area (Å²) in [6, 6.07) is 4.12. The zero-order valence-electron chi connectivity index (χ0n) is 9.99. The molecule has 17 heavy (non-hydrogen) atoms. The smallest absolute Gasteiger partial charge is 0.151 e. The van der Waals surface area contributed by atoms with Crippen LogP contribution in [0.2, 0.25) is 0 Å². The van der Waals surface area contributed by atoms with Gasteiger partial charge in [0.1, 0.15) is 0 Å². The molecule has 2 aromatic heterocycles. The van der Waals surface area contributed by atoms with Gasteiger partial charge in [-0.05, 0) is 41.0 Å². The number of hydrogen-bond acceptors (Lipinski definition) is 2. The standard InChI is InChI=1S/C13H16BrN3/c1-2-6-16-8-5-11-12(9-16)17-7-3-4-10(14)13(17)15-11/h3-4,7H,2,5-6,8-9H2,1H3. The van der Waals surface area contributed by atoms with Gasteiger partial charge in [0.25, 0.3) is 0 Å². The molecule has 0 saturated heterocycles. The summed E-state index contributed by atoms with van der Waals surface area (Å²) < 4.78 is 3.30. The first-order chi connectivity index (χ1) is 8.29. The number of hydrogen-bond donors (Lipinski definition) is 0. The average Bonchev–Trinajstić information content (AvgIpc) is 2.70. The minimum Gasteiger partial charge on any atom is -0.302 e. The number of fused-ring (bicyclic) bond motifs is 3. The van der Waals surface area contributed by atoms with Gasteiger partial charge in [-0.3, -0.25) is 4.90 Å². The predicted molar refractivity (Wildman–Crippen MR) is 72.2 cm³/mol. The summed E-state index contributed by atoms with van der Waals surface area (Å²) >= 11 is 3.57. The summed E-state index contributed by atoms with van der Waals surface area (Å²) in [5.41, 5.74) is 3.68. The molecule has 4 heteroatoms. The average molecular weight is 294 g/mol. The zero-order chi connectivity index (χ0) is 11.8. The van der Waals surface area contributed by atoms with Crippen LogP contribution in [0.1, 0.15) is 24.7 Å². The molecule has 2 aromatic rings. The third-order valence-corrected chi connectivity index (χ3v) is 3.98. The van der Waals surface area contributed by atoms with Crippen LogP contribution < -0.4 is 0 Å². The Balaban J connectivity index is 2.06. The van der Waals surface area contributed by atoms with Crippen LogP contribution in [0.4, 0.5) is 0 Å². The summed E-state index contributed by atoms with van der Waals surface area (Å²) in [6.07, 6.45) is 4.40. The molecule has 0 fully saturated rings. The Morgan fingerprint density at radius 3 is 3.18 bits per heavy atom. The minimum atomic E-state index is 1.03. The second-order valence-corrected chi connectivity index (χ2v) is 5.44. The van der Waals surface area contributed by atoms with Gasteiger partial charge < -0.3 is 4.40 Å². The lowest BCUT2D eigenvalue weighted by molar-refractivity contribution is 0.249. The third-order valence-electron chi connectivity index (χ3n) is 3.36. The Labute approximate surface area is 110 Å². The number of aromatic nitrogens is 2.